The van der Waals surface area contributed by atoms with Crippen molar-refractivity contribution in [3.63, 3.8) is 0 Å². The molecule has 1 aromatic rings. The van der Waals surface area contributed by atoms with Gasteiger partial charge >= 0.3 is 0 Å². The van der Waals surface area contributed by atoms with Gasteiger partial charge in [0, 0.05) is 5.92 Å². The number of nitrogens with zero attached hydrogens (tertiary/aromatic N) is 1. The van der Waals surface area contributed by atoms with Gasteiger partial charge in [-0.25, -0.2) is 0 Å². The number of hydrogen-bond donors (Lipinski definition) is 0. The summed E-state index contributed by atoms with van der Waals surface area (Å²) in [5.74, 6) is 1.33. The molecule has 0 spiro atoms. The van der Waals surface area contributed by atoms with E-state index >= 15 is 0 Å². The third-order valence-corrected chi connectivity index (χ3v) is 7.57. The average molecular weight is 405 g/mol. The van der Waals surface area contributed by atoms with Gasteiger partial charge in [0.2, 0.25) is 0 Å². The van der Waals surface area contributed by atoms with Gasteiger partial charge in [-0.15, -0.1) is 4.65 Å². The molecule has 0 bridgehead atoms. The van der Waals surface area contributed by atoms with Crippen LogP contribution in [-0.4, -0.2) is 46.2 Å². The highest BCUT2D eigenvalue weighted by molar-refractivity contribution is 5.32. The number of fused-ring (bicyclic) bond motifs is 1. The van der Waals surface area contributed by atoms with Gasteiger partial charge in [0.15, 0.2) is 5.75 Å². The summed E-state index contributed by atoms with van der Waals surface area (Å²) in [5.41, 5.74) is 0.760. The van der Waals surface area contributed by atoms with Gasteiger partial charge < -0.3 is 14.3 Å². The van der Waals surface area contributed by atoms with Gasteiger partial charge in [-0.2, -0.15) is 0 Å². The summed E-state index contributed by atoms with van der Waals surface area (Å²) in [4.78, 5) is 6.62. The quantitative estimate of drug-likeness (QED) is 0.440. The average Bonchev–Trinajstić information content (AvgIpc) is 2.59. The van der Waals surface area contributed by atoms with Crippen LogP contribution in [0.4, 0.5) is 0 Å². The van der Waals surface area contributed by atoms with Crippen molar-refractivity contribution in [1.82, 2.24) is 0 Å². The van der Waals surface area contributed by atoms with Crippen molar-refractivity contribution >= 4 is 0 Å². The Kier molecular flexibility index (Phi) is 5.88. The maximum absolute atomic E-state index is 6.62. The molecule has 1 heterocycles. The van der Waals surface area contributed by atoms with Crippen LogP contribution in [-0.2, 0) is 9.47 Å². The van der Waals surface area contributed by atoms with E-state index in [9.17, 15) is 0 Å². The summed E-state index contributed by atoms with van der Waals surface area (Å²) >= 11 is 0. The second-order valence-electron chi connectivity index (χ2n) is 10.8. The number of quaternary nitrogens is 1. The predicted octanol–water partition coefficient (Wildman–Crippen LogP) is 5.85. The Morgan fingerprint density at radius 3 is 1.79 bits per heavy atom. The van der Waals surface area contributed by atoms with Crippen LogP contribution in [0, 0.1) is 0 Å². The van der Waals surface area contributed by atoms with Crippen LogP contribution in [0.2, 0.25) is 0 Å². The van der Waals surface area contributed by atoms with Crippen LogP contribution in [0.3, 0.4) is 0 Å². The third-order valence-electron chi connectivity index (χ3n) is 7.57. The maximum atomic E-state index is 6.62. The maximum Gasteiger partial charge on any atom is 0.190 e. The Bertz CT molecular complexity index is 684. The van der Waals surface area contributed by atoms with Crippen molar-refractivity contribution in [2.45, 2.75) is 123 Å². The fourth-order valence-electron chi connectivity index (χ4n) is 5.25. The van der Waals surface area contributed by atoms with Crippen LogP contribution >= 0.6 is 0 Å². The molecule has 0 radical (unpaired) electrons. The normalized spacial score (nSPS) is 28.4. The molecule has 1 aliphatic carbocycles. The lowest BCUT2D eigenvalue weighted by atomic mass is 9.71. The lowest BCUT2D eigenvalue weighted by Gasteiger charge is -2.58. The standard InChI is InChI=1S/C25H42NO3/c1-16(2)26(17(3)4,18(5)6)29-20-13-11-19(12-14-20)21-15-22-23(21)28-25(9,10)24(7,8)27-22/h11-14,16-18,21-23H,15H2,1-10H3/q+1. The van der Waals surface area contributed by atoms with E-state index in [1.54, 1.807) is 0 Å². The van der Waals surface area contributed by atoms with Gasteiger partial charge in [-0.05, 0) is 93.4 Å². The summed E-state index contributed by atoms with van der Waals surface area (Å²) in [6, 6.07) is 9.80. The van der Waals surface area contributed by atoms with Crippen LogP contribution in [0.25, 0.3) is 0 Å². The summed E-state index contributed by atoms with van der Waals surface area (Å²) in [6.45, 7) is 22.0. The molecule has 4 nitrogen and oxygen atoms in total. The SMILES string of the molecule is CC(C)[N+](Oc1ccc(C2CC3OC(C)(C)C(C)(C)OC32)cc1)(C(C)C)C(C)C. The zero-order valence-electron chi connectivity index (χ0n) is 20.2. The minimum absolute atomic E-state index is 0.140. The summed E-state index contributed by atoms with van der Waals surface area (Å²) in [7, 11) is 0. The fourth-order valence-corrected chi connectivity index (χ4v) is 5.25. The second-order valence-corrected chi connectivity index (χ2v) is 10.8. The molecular weight excluding hydrogens is 362 g/mol. The Morgan fingerprint density at radius 1 is 0.828 bits per heavy atom. The third kappa shape index (κ3) is 3.73. The van der Waals surface area contributed by atoms with E-state index in [2.05, 4.69) is 93.5 Å². The smallest absolute Gasteiger partial charge is 0.190 e. The van der Waals surface area contributed by atoms with Crippen molar-refractivity contribution in [1.29, 1.82) is 0 Å². The van der Waals surface area contributed by atoms with Crippen molar-refractivity contribution in [2.75, 3.05) is 0 Å². The number of benzene rings is 1. The fraction of sp³-hybridized carbons (Fsp3) is 0.760. The first-order valence-corrected chi connectivity index (χ1v) is 11.3. The number of rotatable bonds is 6. The molecule has 2 fully saturated rings. The van der Waals surface area contributed by atoms with Gasteiger partial charge in [0.1, 0.15) is 18.1 Å². The minimum Gasteiger partial charge on any atom is -0.367 e. The van der Waals surface area contributed by atoms with Gasteiger partial charge in [-0.1, -0.05) is 12.1 Å². The molecule has 164 valence electrons. The van der Waals surface area contributed by atoms with Gasteiger partial charge in [0.05, 0.1) is 23.4 Å². The number of hydroxylamine groups is 3. The largest absolute Gasteiger partial charge is 0.367 e. The van der Waals surface area contributed by atoms with E-state index in [1.165, 1.54) is 5.56 Å². The molecule has 0 aromatic heterocycles. The first-order valence-electron chi connectivity index (χ1n) is 11.3. The van der Waals surface area contributed by atoms with E-state index in [0.717, 1.165) is 12.2 Å². The molecular formula is C25H42NO3+. The van der Waals surface area contributed by atoms with E-state index in [4.69, 9.17) is 14.3 Å². The molecule has 4 heteroatoms. The second kappa shape index (κ2) is 7.55. The van der Waals surface area contributed by atoms with Crippen molar-refractivity contribution in [3.8, 4) is 5.75 Å². The Balaban J connectivity index is 1.75. The van der Waals surface area contributed by atoms with Gasteiger partial charge in [0.25, 0.3) is 0 Å². The molecule has 3 rings (SSSR count). The van der Waals surface area contributed by atoms with E-state index in [-0.39, 0.29) is 23.4 Å². The Labute approximate surface area is 178 Å². The molecule has 3 unspecified atom stereocenters. The van der Waals surface area contributed by atoms with Crippen LogP contribution < -0.4 is 4.84 Å². The highest BCUT2D eigenvalue weighted by Crippen LogP contribution is 2.51. The Morgan fingerprint density at radius 2 is 1.31 bits per heavy atom. The molecule has 29 heavy (non-hydrogen) atoms. The van der Waals surface area contributed by atoms with Gasteiger partial charge in [-0.3, -0.25) is 0 Å². The Hall–Kier alpha value is -1.10. The summed E-state index contributed by atoms with van der Waals surface area (Å²) in [5, 5.41) is 0. The minimum atomic E-state index is -0.293. The first kappa shape index (κ1) is 22.6. The molecule has 0 N–H and O–H groups in total. The van der Waals surface area contributed by atoms with Crippen molar-refractivity contribution in [2.24, 2.45) is 0 Å². The zero-order valence-corrected chi connectivity index (χ0v) is 20.2. The van der Waals surface area contributed by atoms with E-state index < -0.39 is 0 Å². The number of hydrogen-bond acceptors (Lipinski definition) is 3. The van der Waals surface area contributed by atoms with Crippen LogP contribution in [0.5, 0.6) is 5.75 Å². The highest BCUT2D eigenvalue weighted by Gasteiger charge is 2.56. The molecule has 1 saturated carbocycles. The topological polar surface area (TPSA) is 27.7 Å². The lowest BCUT2D eigenvalue weighted by Crippen LogP contribution is -2.66. The lowest BCUT2D eigenvalue weighted by molar-refractivity contribution is -1.12. The van der Waals surface area contributed by atoms with Crippen LogP contribution in [0.15, 0.2) is 24.3 Å². The molecule has 1 aliphatic heterocycles. The zero-order chi connectivity index (χ0) is 21.8. The molecule has 0 amide bonds. The van der Waals surface area contributed by atoms with E-state index in [1.807, 2.05) is 0 Å². The highest BCUT2D eigenvalue weighted by atomic mass is 16.7. The number of ether oxygens (including phenoxy) is 2. The predicted molar refractivity (Wildman–Crippen MR) is 118 cm³/mol. The van der Waals surface area contributed by atoms with E-state index in [0.29, 0.717) is 28.7 Å². The first-order chi connectivity index (χ1) is 13.3. The molecule has 2 aliphatic rings. The van der Waals surface area contributed by atoms with Crippen molar-refractivity contribution in [3.05, 3.63) is 29.8 Å². The molecule has 1 saturated heterocycles. The summed E-state index contributed by atoms with van der Waals surface area (Å²) in [6.07, 6.45) is 1.36. The van der Waals surface area contributed by atoms with Crippen LogP contribution in [0.1, 0.15) is 87.1 Å². The molecule has 3 atom stereocenters. The monoisotopic (exact) mass is 404 g/mol. The molecule has 1 aromatic carbocycles. The summed E-state index contributed by atoms with van der Waals surface area (Å²) < 4.78 is 13.5. The van der Waals surface area contributed by atoms with Crippen molar-refractivity contribution < 1.29 is 19.0 Å².